The first-order chi connectivity index (χ1) is 15.1. The van der Waals surface area contributed by atoms with E-state index in [1.165, 1.54) is 11.2 Å². The van der Waals surface area contributed by atoms with Crippen molar-refractivity contribution in [2.24, 2.45) is 0 Å². The van der Waals surface area contributed by atoms with E-state index in [1.807, 2.05) is 36.4 Å². The predicted molar refractivity (Wildman–Crippen MR) is 123 cm³/mol. The van der Waals surface area contributed by atoms with E-state index in [2.05, 4.69) is 37.7 Å². The molecule has 0 saturated heterocycles. The Balaban J connectivity index is 1.63. The molecule has 0 fully saturated rings. The summed E-state index contributed by atoms with van der Waals surface area (Å²) in [6.45, 7) is 10.1. The molecule has 9 heteroatoms. The molecular formula is C23H27N7O2. The fourth-order valence-electron chi connectivity index (χ4n) is 3.52. The quantitative estimate of drug-likeness (QED) is 0.683. The molecular weight excluding hydrogens is 406 g/mol. The van der Waals surface area contributed by atoms with Gasteiger partial charge in [-0.15, -0.1) is 0 Å². The molecule has 3 heterocycles. The van der Waals surface area contributed by atoms with Gasteiger partial charge in [0.15, 0.2) is 11.5 Å². The SMILES string of the molecule is C=C1N(C)C(=O)c2c(ncn2CC(=O)Nc2cc(C(C)(C)C)nn2-c2ccccc2)N1C. The summed E-state index contributed by atoms with van der Waals surface area (Å²) in [7, 11) is 3.43. The predicted octanol–water partition coefficient (Wildman–Crippen LogP) is 3.00. The highest BCUT2D eigenvalue weighted by Gasteiger charge is 2.33. The topological polar surface area (TPSA) is 88.3 Å². The molecule has 3 aromatic rings. The number of benzene rings is 1. The standard InChI is InChI=1S/C23H27N7O2/c1-15-27(5)21-20(22(32)28(15)6)29(14-24-21)13-19(31)25-18-12-17(23(2,3)4)26-30(18)16-10-8-7-9-11-16/h7-12,14H,1,13H2,2-6H3,(H,25,31). The number of carbonyl (C=O) groups is 2. The number of para-hydroxylation sites is 1. The van der Waals surface area contributed by atoms with E-state index in [0.29, 0.717) is 23.2 Å². The van der Waals surface area contributed by atoms with Crippen molar-refractivity contribution in [3.8, 4) is 5.69 Å². The lowest BCUT2D eigenvalue weighted by Gasteiger charge is -2.32. The Hall–Kier alpha value is -3.88. The van der Waals surface area contributed by atoms with Gasteiger partial charge < -0.3 is 14.8 Å². The first kappa shape index (κ1) is 21.4. The molecule has 1 aliphatic heterocycles. The summed E-state index contributed by atoms with van der Waals surface area (Å²) in [6.07, 6.45) is 1.50. The summed E-state index contributed by atoms with van der Waals surface area (Å²) in [5.74, 6) is 1.03. The zero-order valence-corrected chi connectivity index (χ0v) is 19.0. The third-order valence-electron chi connectivity index (χ3n) is 5.48. The van der Waals surface area contributed by atoms with Crippen molar-refractivity contribution in [1.82, 2.24) is 24.2 Å². The van der Waals surface area contributed by atoms with Gasteiger partial charge in [-0.2, -0.15) is 5.10 Å². The summed E-state index contributed by atoms with van der Waals surface area (Å²) in [6, 6.07) is 11.5. The number of hydrogen-bond acceptors (Lipinski definition) is 5. The molecule has 166 valence electrons. The first-order valence-corrected chi connectivity index (χ1v) is 10.3. The van der Waals surface area contributed by atoms with Crippen LogP contribution < -0.4 is 10.2 Å². The monoisotopic (exact) mass is 433 g/mol. The number of amides is 2. The van der Waals surface area contributed by atoms with Gasteiger partial charge in [-0.05, 0) is 12.1 Å². The summed E-state index contributed by atoms with van der Waals surface area (Å²) >= 11 is 0. The normalized spacial score (nSPS) is 14.0. The van der Waals surface area contributed by atoms with E-state index in [-0.39, 0.29) is 23.8 Å². The van der Waals surface area contributed by atoms with Crippen LogP contribution in [0.4, 0.5) is 11.6 Å². The minimum atomic E-state index is -0.287. The maximum Gasteiger partial charge on any atom is 0.279 e. The largest absolute Gasteiger partial charge is 0.315 e. The zero-order valence-electron chi connectivity index (χ0n) is 19.0. The second kappa shape index (κ2) is 7.67. The fourth-order valence-corrected chi connectivity index (χ4v) is 3.52. The van der Waals surface area contributed by atoms with Gasteiger partial charge in [-0.1, -0.05) is 45.5 Å². The van der Waals surface area contributed by atoms with Gasteiger partial charge in [0, 0.05) is 25.6 Å². The van der Waals surface area contributed by atoms with Crippen LogP contribution in [-0.2, 0) is 16.8 Å². The van der Waals surface area contributed by atoms with Crippen molar-refractivity contribution in [3.63, 3.8) is 0 Å². The molecule has 0 spiro atoms. The van der Waals surface area contributed by atoms with Gasteiger partial charge >= 0.3 is 0 Å². The van der Waals surface area contributed by atoms with Gasteiger partial charge in [0.05, 0.1) is 17.7 Å². The van der Waals surface area contributed by atoms with Crippen LogP contribution in [0.25, 0.3) is 5.69 Å². The minimum absolute atomic E-state index is 0.0625. The number of rotatable bonds is 4. The van der Waals surface area contributed by atoms with Crippen LogP contribution in [0.1, 0.15) is 37.0 Å². The van der Waals surface area contributed by atoms with Crippen LogP contribution in [-0.4, -0.2) is 50.1 Å². The number of anilines is 2. The van der Waals surface area contributed by atoms with E-state index in [9.17, 15) is 9.59 Å². The van der Waals surface area contributed by atoms with E-state index >= 15 is 0 Å². The molecule has 0 radical (unpaired) electrons. The van der Waals surface area contributed by atoms with E-state index < -0.39 is 0 Å². The highest BCUT2D eigenvalue weighted by molar-refractivity contribution is 6.01. The molecule has 32 heavy (non-hydrogen) atoms. The first-order valence-electron chi connectivity index (χ1n) is 10.3. The number of fused-ring (bicyclic) bond motifs is 1. The van der Waals surface area contributed by atoms with Gasteiger partial charge in [0.1, 0.15) is 18.2 Å². The average Bonchev–Trinajstić information content (AvgIpc) is 3.36. The Kier molecular flexibility index (Phi) is 5.12. The average molecular weight is 434 g/mol. The molecule has 9 nitrogen and oxygen atoms in total. The van der Waals surface area contributed by atoms with E-state index in [1.54, 1.807) is 28.2 Å². The number of nitrogens with one attached hydrogen (secondary N) is 1. The summed E-state index contributed by atoms with van der Waals surface area (Å²) in [5.41, 5.74) is 1.86. The molecule has 1 N–H and O–H groups in total. The Bertz CT molecular complexity index is 1200. The number of carbonyl (C=O) groups excluding carboxylic acids is 2. The van der Waals surface area contributed by atoms with Crippen molar-refractivity contribution in [2.75, 3.05) is 24.3 Å². The van der Waals surface area contributed by atoms with Crippen LogP contribution in [0.5, 0.6) is 0 Å². The molecule has 0 aliphatic carbocycles. The van der Waals surface area contributed by atoms with Crippen LogP contribution in [0.3, 0.4) is 0 Å². The maximum absolute atomic E-state index is 13.0. The molecule has 1 aromatic carbocycles. The van der Waals surface area contributed by atoms with E-state index in [0.717, 1.165) is 11.4 Å². The number of aromatic nitrogens is 4. The Morgan fingerprint density at radius 2 is 1.81 bits per heavy atom. The van der Waals surface area contributed by atoms with Crippen molar-refractivity contribution in [1.29, 1.82) is 0 Å². The van der Waals surface area contributed by atoms with Gasteiger partial charge in [0.2, 0.25) is 5.91 Å². The maximum atomic E-state index is 13.0. The number of hydrogen-bond donors (Lipinski definition) is 1. The third-order valence-corrected chi connectivity index (χ3v) is 5.48. The van der Waals surface area contributed by atoms with Crippen LogP contribution in [0.15, 0.2) is 55.1 Å². The fraction of sp³-hybridized carbons (Fsp3) is 0.304. The summed E-state index contributed by atoms with van der Waals surface area (Å²) in [4.78, 5) is 33.3. The van der Waals surface area contributed by atoms with Crippen molar-refractivity contribution >= 4 is 23.5 Å². The molecule has 0 saturated carbocycles. The number of nitrogens with zero attached hydrogens (tertiary/aromatic N) is 6. The lowest BCUT2D eigenvalue weighted by atomic mass is 9.92. The zero-order chi connectivity index (χ0) is 23.2. The number of imidazole rings is 1. The Morgan fingerprint density at radius 1 is 1.12 bits per heavy atom. The summed E-state index contributed by atoms with van der Waals surface area (Å²) in [5, 5.41) is 7.67. The molecule has 4 rings (SSSR count). The van der Waals surface area contributed by atoms with Crippen LogP contribution in [0.2, 0.25) is 0 Å². The van der Waals surface area contributed by atoms with Crippen LogP contribution >= 0.6 is 0 Å². The van der Waals surface area contributed by atoms with Gasteiger partial charge in [-0.25, -0.2) is 9.67 Å². The van der Waals surface area contributed by atoms with Crippen molar-refractivity contribution in [2.45, 2.75) is 32.7 Å². The molecule has 0 atom stereocenters. The minimum Gasteiger partial charge on any atom is -0.315 e. The van der Waals surface area contributed by atoms with Crippen molar-refractivity contribution in [3.05, 3.63) is 66.5 Å². The molecule has 2 aromatic heterocycles. The molecule has 0 bridgehead atoms. The smallest absolute Gasteiger partial charge is 0.279 e. The van der Waals surface area contributed by atoms with Gasteiger partial charge in [-0.3, -0.25) is 14.5 Å². The highest BCUT2D eigenvalue weighted by Crippen LogP contribution is 2.29. The molecule has 2 amide bonds. The van der Waals surface area contributed by atoms with E-state index in [4.69, 9.17) is 5.10 Å². The summed E-state index contributed by atoms with van der Waals surface area (Å²) < 4.78 is 3.28. The second-order valence-electron chi connectivity index (χ2n) is 8.84. The lowest BCUT2D eigenvalue weighted by Crippen LogP contribution is -2.41. The van der Waals surface area contributed by atoms with Crippen LogP contribution in [0, 0.1) is 0 Å². The second-order valence-corrected chi connectivity index (χ2v) is 8.84. The molecule has 0 unspecified atom stereocenters. The Morgan fingerprint density at radius 3 is 2.47 bits per heavy atom. The highest BCUT2D eigenvalue weighted by atomic mass is 16.2. The third kappa shape index (κ3) is 3.66. The molecule has 1 aliphatic rings. The van der Waals surface area contributed by atoms with Gasteiger partial charge in [0.25, 0.3) is 5.91 Å². The van der Waals surface area contributed by atoms with Crippen molar-refractivity contribution < 1.29 is 9.59 Å². The lowest BCUT2D eigenvalue weighted by molar-refractivity contribution is -0.116. The Labute approximate surface area is 187 Å².